The summed E-state index contributed by atoms with van der Waals surface area (Å²) in [5, 5.41) is 29.9. The molecule has 0 saturated carbocycles. The van der Waals surface area contributed by atoms with Gasteiger partial charge in [0.2, 0.25) is 0 Å². The number of allylic oxidation sites excluding steroid dienone is 1. The molecule has 2 aromatic carbocycles. The maximum atomic E-state index is 14.1. The number of aryl methyl sites for hydroxylation is 1. The van der Waals surface area contributed by atoms with Gasteiger partial charge in [0.05, 0.1) is 13.2 Å². The summed E-state index contributed by atoms with van der Waals surface area (Å²) in [5.41, 5.74) is 7.90. The van der Waals surface area contributed by atoms with E-state index in [4.69, 9.17) is 16.3 Å². The Bertz CT molecular complexity index is 1560. The number of aliphatic hydroxyl groups is 2. The summed E-state index contributed by atoms with van der Waals surface area (Å²) in [6.07, 6.45) is 0.623. The number of hydrogen-bond acceptors (Lipinski definition) is 8. The van der Waals surface area contributed by atoms with Gasteiger partial charge in [0.1, 0.15) is 17.1 Å². The van der Waals surface area contributed by atoms with E-state index in [1.165, 1.54) is 0 Å². The number of amides is 1. The van der Waals surface area contributed by atoms with Crippen LogP contribution in [0, 0.1) is 18.8 Å². The van der Waals surface area contributed by atoms with Gasteiger partial charge in [0, 0.05) is 32.6 Å². The standard InChI is InChI=1S/C29H29IN4O6/c1-3-40-21-7-5-14(8-16(21)12-33-34-32)18-6-4-13(2)22-19(18)10-15-9-17-11-20(35)24(28(31)38)27(37)29(17,39)26(30)23(15)25(22)36/h4-8,15,17,37,39H,3,9-12H2,1-2H3,(H2,31,38)(H2,32,33)/t15-,17+,29+/m1/s1. The summed E-state index contributed by atoms with van der Waals surface area (Å²) < 4.78 is 5.98. The molecule has 0 bridgehead atoms. The monoisotopic (exact) mass is 656 g/mol. The first kappa shape index (κ1) is 28.0. The third-order valence-electron chi connectivity index (χ3n) is 8.13. The number of benzene rings is 2. The number of nitrogens with zero attached hydrogens (tertiary/aromatic N) is 2. The molecule has 208 valence electrons. The van der Waals surface area contributed by atoms with Gasteiger partial charge in [-0.15, -0.1) is 0 Å². The summed E-state index contributed by atoms with van der Waals surface area (Å²) in [6, 6.07) is 9.63. The quantitative estimate of drug-likeness (QED) is 0.120. The lowest BCUT2D eigenvalue weighted by atomic mass is 9.61. The van der Waals surface area contributed by atoms with E-state index < -0.39 is 34.5 Å². The van der Waals surface area contributed by atoms with E-state index in [1.54, 1.807) is 0 Å². The molecule has 1 amide bonds. The minimum absolute atomic E-state index is 0.158. The van der Waals surface area contributed by atoms with Crippen LogP contribution in [0.4, 0.5) is 0 Å². The number of aliphatic hydroxyl groups excluding tert-OH is 1. The number of hydrogen-bond donors (Lipinski definition) is 4. The zero-order chi connectivity index (χ0) is 28.9. The molecule has 40 heavy (non-hydrogen) atoms. The van der Waals surface area contributed by atoms with Crippen LogP contribution in [-0.2, 0) is 22.6 Å². The van der Waals surface area contributed by atoms with E-state index in [-0.39, 0.29) is 34.7 Å². The molecule has 0 saturated heterocycles. The molecule has 0 fully saturated rings. The molecular formula is C29H29IN4O6. The van der Waals surface area contributed by atoms with Crippen molar-refractivity contribution in [2.45, 2.75) is 45.3 Å². The van der Waals surface area contributed by atoms with Crippen LogP contribution in [-0.4, -0.2) is 39.9 Å². The fourth-order valence-electron chi connectivity index (χ4n) is 6.33. The van der Waals surface area contributed by atoms with E-state index in [2.05, 4.69) is 10.3 Å². The Morgan fingerprint density at radius 1 is 1.23 bits per heavy atom. The number of rotatable bonds is 6. The third-order valence-corrected chi connectivity index (χ3v) is 9.53. The fourth-order valence-corrected chi connectivity index (χ4v) is 7.71. The molecule has 2 aromatic rings. The maximum Gasteiger partial charge on any atom is 0.255 e. The van der Waals surface area contributed by atoms with Crippen LogP contribution >= 0.6 is 22.6 Å². The highest BCUT2D eigenvalue weighted by atomic mass is 127. The van der Waals surface area contributed by atoms with Crippen LogP contribution in [0.15, 0.2) is 61.2 Å². The predicted molar refractivity (Wildman–Crippen MR) is 155 cm³/mol. The van der Waals surface area contributed by atoms with Crippen molar-refractivity contribution in [2.24, 2.45) is 33.7 Å². The second-order valence-electron chi connectivity index (χ2n) is 10.3. The van der Waals surface area contributed by atoms with Gasteiger partial charge in [-0.1, -0.05) is 23.4 Å². The van der Waals surface area contributed by atoms with Crippen LogP contribution in [0.25, 0.3) is 11.1 Å². The SMILES string of the molecule is CCOc1ccc(-c2ccc(C)c3c2C[C@H]2C[C@H]4CC(=O)C(C(N)=O)=C(O)[C@@]4(O)C(I)=C2C3=O)cc1CN=NN. The zero-order valence-corrected chi connectivity index (χ0v) is 24.2. The fraction of sp³-hybridized carbons (Fsp3) is 0.345. The second-order valence-corrected chi connectivity index (χ2v) is 11.4. The number of carbonyl (C=O) groups excluding carboxylic acids is 3. The number of ketones is 2. The lowest BCUT2D eigenvalue weighted by Crippen LogP contribution is -2.52. The number of Topliss-reactive ketones (excluding diaryl/α,β-unsaturated/α-hetero) is 2. The number of fused-ring (bicyclic) bond motifs is 3. The van der Waals surface area contributed by atoms with Crippen molar-refractivity contribution in [3.05, 3.63) is 73.1 Å². The Balaban J connectivity index is 1.66. The molecule has 0 radical (unpaired) electrons. The van der Waals surface area contributed by atoms with Crippen molar-refractivity contribution in [1.82, 2.24) is 0 Å². The van der Waals surface area contributed by atoms with Crippen LogP contribution in [0.5, 0.6) is 5.75 Å². The summed E-state index contributed by atoms with van der Waals surface area (Å²) in [7, 11) is 0. The molecule has 5 rings (SSSR count). The Labute approximate surface area is 244 Å². The number of nitrogens with two attached hydrogens (primary N) is 2. The largest absolute Gasteiger partial charge is 0.508 e. The molecule has 3 aliphatic carbocycles. The first-order chi connectivity index (χ1) is 19.0. The van der Waals surface area contributed by atoms with Gasteiger partial charge in [-0.25, -0.2) is 0 Å². The van der Waals surface area contributed by atoms with Gasteiger partial charge < -0.3 is 26.5 Å². The predicted octanol–water partition coefficient (Wildman–Crippen LogP) is 3.95. The van der Waals surface area contributed by atoms with Crippen molar-refractivity contribution in [3.8, 4) is 16.9 Å². The van der Waals surface area contributed by atoms with Gasteiger partial charge >= 0.3 is 0 Å². The van der Waals surface area contributed by atoms with Crippen molar-refractivity contribution in [2.75, 3.05) is 6.61 Å². The molecule has 0 aromatic heterocycles. The molecule has 0 unspecified atom stereocenters. The minimum Gasteiger partial charge on any atom is -0.508 e. The van der Waals surface area contributed by atoms with Crippen molar-refractivity contribution in [3.63, 3.8) is 0 Å². The molecule has 3 aliphatic rings. The topological polar surface area (TPSA) is 178 Å². The van der Waals surface area contributed by atoms with E-state index in [0.717, 1.165) is 27.8 Å². The second kappa shape index (κ2) is 10.4. The highest BCUT2D eigenvalue weighted by molar-refractivity contribution is 14.1. The Kier molecular flexibility index (Phi) is 7.29. The minimum atomic E-state index is -2.02. The highest BCUT2D eigenvalue weighted by Crippen LogP contribution is 2.55. The summed E-state index contributed by atoms with van der Waals surface area (Å²) in [5.74, 6) is 2.20. The average Bonchev–Trinajstić information content (AvgIpc) is 2.90. The first-order valence-corrected chi connectivity index (χ1v) is 14.0. The van der Waals surface area contributed by atoms with Gasteiger partial charge in [-0.2, -0.15) is 5.11 Å². The average molecular weight is 656 g/mol. The number of primary amides is 1. The highest BCUT2D eigenvalue weighted by Gasteiger charge is 2.57. The normalized spacial score (nSPS) is 24.2. The lowest BCUT2D eigenvalue weighted by Gasteiger charge is -2.47. The van der Waals surface area contributed by atoms with Crippen molar-refractivity contribution in [1.29, 1.82) is 0 Å². The zero-order valence-electron chi connectivity index (χ0n) is 22.0. The first-order valence-electron chi connectivity index (χ1n) is 12.9. The Morgan fingerprint density at radius 3 is 2.65 bits per heavy atom. The molecule has 3 atom stereocenters. The van der Waals surface area contributed by atoms with Crippen molar-refractivity contribution >= 4 is 40.1 Å². The van der Waals surface area contributed by atoms with Crippen LogP contribution < -0.4 is 16.3 Å². The van der Waals surface area contributed by atoms with E-state index in [9.17, 15) is 24.6 Å². The van der Waals surface area contributed by atoms with Gasteiger partial charge in [-0.3, -0.25) is 14.4 Å². The Hall–Kier alpha value is -3.58. The van der Waals surface area contributed by atoms with Gasteiger partial charge in [0.15, 0.2) is 17.2 Å². The van der Waals surface area contributed by atoms with E-state index in [1.807, 2.05) is 66.8 Å². The molecule has 10 nitrogen and oxygen atoms in total. The van der Waals surface area contributed by atoms with Crippen LogP contribution in [0.3, 0.4) is 0 Å². The number of ether oxygens (including phenoxy) is 1. The molecule has 6 N–H and O–H groups in total. The number of halogens is 1. The molecule has 0 heterocycles. The summed E-state index contributed by atoms with van der Waals surface area (Å²) >= 11 is 1.88. The van der Waals surface area contributed by atoms with Crippen molar-refractivity contribution < 1.29 is 29.3 Å². The number of carbonyl (C=O) groups is 3. The molecule has 0 aliphatic heterocycles. The van der Waals surface area contributed by atoms with Crippen LogP contribution in [0.1, 0.15) is 46.8 Å². The lowest BCUT2D eigenvalue weighted by molar-refractivity contribution is -0.126. The summed E-state index contributed by atoms with van der Waals surface area (Å²) in [6.45, 7) is 4.48. The smallest absolute Gasteiger partial charge is 0.255 e. The molecular weight excluding hydrogens is 627 g/mol. The third kappa shape index (κ3) is 4.22. The van der Waals surface area contributed by atoms with E-state index in [0.29, 0.717) is 29.9 Å². The van der Waals surface area contributed by atoms with Crippen LogP contribution in [0.2, 0.25) is 0 Å². The van der Waals surface area contributed by atoms with Gasteiger partial charge in [-0.05, 0) is 89.6 Å². The summed E-state index contributed by atoms with van der Waals surface area (Å²) in [4.78, 5) is 38.7. The van der Waals surface area contributed by atoms with E-state index >= 15 is 0 Å². The Morgan fingerprint density at radius 2 is 1.98 bits per heavy atom. The molecule has 11 heteroatoms. The van der Waals surface area contributed by atoms with Gasteiger partial charge in [0.25, 0.3) is 5.91 Å². The molecule has 0 spiro atoms. The maximum absolute atomic E-state index is 14.1.